The highest BCUT2D eigenvalue weighted by Crippen LogP contribution is 2.23. The molecule has 0 radical (unpaired) electrons. The van der Waals surface area contributed by atoms with Gasteiger partial charge in [0, 0.05) is 24.6 Å². The number of carbonyl (C=O) groups is 1. The summed E-state index contributed by atoms with van der Waals surface area (Å²) in [6, 6.07) is 3.98. The number of hydrogen-bond donors (Lipinski definition) is 3. The van der Waals surface area contributed by atoms with Gasteiger partial charge < -0.3 is 11.1 Å². The molecule has 0 bridgehead atoms. The fraction of sp³-hybridized carbons (Fsp3) is 0.333. The molecule has 0 spiro atoms. The van der Waals surface area contributed by atoms with Crippen LogP contribution in [0.4, 0.5) is 0 Å². The molecule has 1 aromatic rings. The van der Waals surface area contributed by atoms with Crippen LogP contribution < -0.4 is 15.8 Å². The first-order chi connectivity index (χ1) is 9.79. The number of benzene rings is 1. The van der Waals surface area contributed by atoms with Crippen LogP contribution in [0.2, 0.25) is 5.02 Å². The standard InChI is InChI=1S/C12H14ClN3O3S2/c13-9-3-1-7(12(14)20)5-10(9)21(18,19)16-8-2-4-11(17)15-6-8/h1,3,5,8,16H,2,4,6H2,(H2,14,20)(H,15,17). The van der Waals surface area contributed by atoms with Gasteiger partial charge in [0.2, 0.25) is 15.9 Å². The average molecular weight is 348 g/mol. The Morgan fingerprint density at radius 3 is 2.76 bits per heavy atom. The van der Waals surface area contributed by atoms with E-state index in [9.17, 15) is 13.2 Å². The summed E-state index contributed by atoms with van der Waals surface area (Å²) in [5.41, 5.74) is 5.92. The van der Waals surface area contributed by atoms with Gasteiger partial charge in [-0.25, -0.2) is 13.1 Å². The SMILES string of the molecule is NC(=S)c1ccc(Cl)c(S(=O)(=O)NC2CCC(=O)NC2)c1. The van der Waals surface area contributed by atoms with Gasteiger partial charge in [0.15, 0.2) is 0 Å². The van der Waals surface area contributed by atoms with Gasteiger partial charge >= 0.3 is 0 Å². The number of halogens is 1. The smallest absolute Gasteiger partial charge is 0.242 e. The van der Waals surface area contributed by atoms with E-state index in [4.69, 9.17) is 29.6 Å². The molecule has 1 aromatic carbocycles. The van der Waals surface area contributed by atoms with Crippen molar-refractivity contribution in [3.05, 3.63) is 28.8 Å². The highest BCUT2D eigenvalue weighted by Gasteiger charge is 2.26. The molecule has 0 saturated carbocycles. The number of sulfonamides is 1. The fourth-order valence-electron chi connectivity index (χ4n) is 1.98. The molecule has 0 aliphatic carbocycles. The summed E-state index contributed by atoms with van der Waals surface area (Å²) in [6.45, 7) is 0.255. The van der Waals surface area contributed by atoms with Crippen LogP contribution in [-0.2, 0) is 14.8 Å². The Hall–Kier alpha value is -1.22. The lowest BCUT2D eigenvalue weighted by Gasteiger charge is -2.23. The lowest BCUT2D eigenvalue weighted by Crippen LogP contribution is -2.47. The minimum absolute atomic E-state index is 0.0774. The van der Waals surface area contributed by atoms with Gasteiger partial charge in [0.1, 0.15) is 9.88 Å². The van der Waals surface area contributed by atoms with Gasteiger partial charge in [-0.15, -0.1) is 0 Å². The van der Waals surface area contributed by atoms with Gasteiger partial charge in [0.05, 0.1) is 5.02 Å². The lowest BCUT2D eigenvalue weighted by atomic mass is 10.1. The van der Waals surface area contributed by atoms with Crippen LogP contribution in [0, 0.1) is 0 Å². The van der Waals surface area contributed by atoms with E-state index in [0.717, 1.165) is 0 Å². The zero-order valence-corrected chi connectivity index (χ0v) is 13.3. The first-order valence-corrected chi connectivity index (χ1v) is 8.45. The highest BCUT2D eigenvalue weighted by atomic mass is 35.5. The van der Waals surface area contributed by atoms with Crippen molar-refractivity contribution in [3.8, 4) is 0 Å². The maximum Gasteiger partial charge on any atom is 0.242 e. The molecule has 1 aliphatic rings. The summed E-state index contributed by atoms with van der Waals surface area (Å²) in [5, 5.41) is 2.70. The summed E-state index contributed by atoms with van der Waals surface area (Å²) in [7, 11) is -3.81. The van der Waals surface area contributed by atoms with Crippen LogP contribution in [-0.4, -0.2) is 31.9 Å². The van der Waals surface area contributed by atoms with E-state index in [2.05, 4.69) is 10.0 Å². The van der Waals surface area contributed by atoms with Crippen molar-refractivity contribution in [3.63, 3.8) is 0 Å². The molecule has 1 unspecified atom stereocenters. The van der Waals surface area contributed by atoms with E-state index in [0.29, 0.717) is 12.0 Å². The highest BCUT2D eigenvalue weighted by molar-refractivity contribution is 7.89. The van der Waals surface area contributed by atoms with E-state index >= 15 is 0 Å². The number of carbonyl (C=O) groups excluding carboxylic acids is 1. The van der Waals surface area contributed by atoms with Gasteiger partial charge in [-0.1, -0.05) is 29.9 Å². The van der Waals surface area contributed by atoms with Crippen LogP contribution in [0.3, 0.4) is 0 Å². The predicted octanol–water partition coefficient (Wildman–Crippen LogP) is 0.531. The number of amides is 1. The van der Waals surface area contributed by atoms with Crippen LogP contribution in [0.1, 0.15) is 18.4 Å². The Labute approximate surface area is 133 Å². The van der Waals surface area contributed by atoms with E-state index < -0.39 is 10.0 Å². The van der Waals surface area contributed by atoms with Gasteiger partial charge in [-0.3, -0.25) is 4.79 Å². The van der Waals surface area contributed by atoms with Crippen molar-refractivity contribution in [2.24, 2.45) is 5.73 Å². The van der Waals surface area contributed by atoms with E-state index in [1.54, 1.807) is 6.07 Å². The van der Waals surface area contributed by atoms with Crippen LogP contribution in [0.15, 0.2) is 23.1 Å². The second-order valence-corrected chi connectivity index (χ2v) is 7.20. The quantitative estimate of drug-likeness (QED) is 0.690. The summed E-state index contributed by atoms with van der Waals surface area (Å²) < 4.78 is 27.3. The zero-order chi connectivity index (χ0) is 15.6. The van der Waals surface area contributed by atoms with Crippen LogP contribution in [0.5, 0.6) is 0 Å². The molecular weight excluding hydrogens is 334 g/mol. The van der Waals surface area contributed by atoms with E-state index in [1.165, 1.54) is 12.1 Å². The summed E-state index contributed by atoms with van der Waals surface area (Å²) in [6.07, 6.45) is 0.728. The molecule has 2 rings (SSSR count). The first-order valence-electron chi connectivity index (χ1n) is 6.18. The van der Waals surface area contributed by atoms with Gasteiger partial charge in [-0.05, 0) is 18.6 Å². The molecule has 0 aromatic heterocycles. The molecule has 1 heterocycles. The molecule has 1 amide bonds. The van der Waals surface area contributed by atoms with Crippen molar-refractivity contribution in [2.45, 2.75) is 23.8 Å². The third-order valence-electron chi connectivity index (χ3n) is 3.09. The van der Waals surface area contributed by atoms with E-state index in [-0.39, 0.29) is 39.8 Å². The largest absolute Gasteiger partial charge is 0.389 e. The number of hydrogen-bond acceptors (Lipinski definition) is 4. The summed E-state index contributed by atoms with van der Waals surface area (Å²) in [4.78, 5) is 11.1. The van der Waals surface area contributed by atoms with Gasteiger partial charge in [-0.2, -0.15) is 0 Å². The van der Waals surface area contributed by atoms with Crippen molar-refractivity contribution in [2.75, 3.05) is 6.54 Å². The summed E-state index contributed by atoms with van der Waals surface area (Å²) >= 11 is 10.8. The van der Waals surface area contributed by atoms with Crippen molar-refractivity contribution < 1.29 is 13.2 Å². The number of thiocarbonyl (C=S) groups is 1. The van der Waals surface area contributed by atoms with E-state index in [1.807, 2.05) is 0 Å². The Balaban J connectivity index is 2.25. The number of piperidine rings is 1. The second-order valence-electron chi connectivity index (χ2n) is 4.67. The molecule has 1 saturated heterocycles. The minimum atomic E-state index is -3.81. The normalized spacial score (nSPS) is 19.1. The maximum atomic E-state index is 12.4. The predicted molar refractivity (Wildman–Crippen MR) is 83.7 cm³/mol. The first kappa shape index (κ1) is 16.2. The number of nitrogens with one attached hydrogen (secondary N) is 2. The Kier molecular flexibility index (Phi) is 4.82. The molecule has 1 atom stereocenters. The molecule has 1 fully saturated rings. The molecule has 21 heavy (non-hydrogen) atoms. The van der Waals surface area contributed by atoms with Crippen LogP contribution in [0.25, 0.3) is 0 Å². The van der Waals surface area contributed by atoms with Crippen molar-refractivity contribution >= 4 is 44.7 Å². The Morgan fingerprint density at radius 1 is 1.48 bits per heavy atom. The molecule has 114 valence electrons. The molecule has 1 aliphatic heterocycles. The third-order valence-corrected chi connectivity index (χ3v) is 5.33. The Bertz CT molecular complexity index is 681. The molecule has 9 heteroatoms. The number of rotatable bonds is 4. The van der Waals surface area contributed by atoms with Gasteiger partial charge in [0.25, 0.3) is 0 Å². The van der Waals surface area contributed by atoms with Crippen molar-refractivity contribution in [1.82, 2.24) is 10.0 Å². The third kappa shape index (κ3) is 3.91. The average Bonchev–Trinajstić information content (AvgIpc) is 2.41. The maximum absolute atomic E-state index is 12.4. The minimum Gasteiger partial charge on any atom is -0.389 e. The van der Waals surface area contributed by atoms with Crippen LogP contribution >= 0.6 is 23.8 Å². The lowest BCUT2D eigenvalue weighted by molar-refractivity contribution is -0.122. The summed E-state index contributed by atoms with van der Waals surface area (Å²) in [5.74, 6) is -0.0843. The topological polar surface area (TPSA) is 101 Å². The number of nitrogens with two attached hydrogens (primary N) is 1. The second kappa shape index (κ2) is 6.27. The van der Waals surface area contributed by atoms with Crippen molar-refractivity contribution in [1.29, 1.82) is 0 Å². The molecule has 6 nitrogen and oxygen atoms in total. The fourth-order valence-corrected chi connectivity index (χ4v) is 3.90. The Morgan fingerprint density at radius 2 is 2.19 bits per heavy atom. The monoisotopic (exact) mass is 347 g/mol. The molecular formula is C12H14ClN3O3S2. The molecule has 4 N–H and O–H groups in total. The zero-order valence-electron chi connectivity index (χ0n) is 10.9.